The number of benzene rings is 1. The van der Waals surface area contributed by atoms with Crippen LogP contribution in [0.2, 0.25) is 0 Å². The summed E-state index contributed by atoms with van der Waals surface area (Å²) in [5.41, 5.74) is 8.70. The Bertz CT molecular complexity index is 541. The Morgan fingerprint density at radius 3 is 2.89 bits per heavy atom. The van der Waals surface area contributed by atoms with Crippen LogP contribution in [0.5, 0.6) is 0 Å². The van der Waals surface area contributed by atoms with Crippen LogP contribution in [0.3, 0.4) is 0 Å². The zero-order valence-electron chi connectivity index (χ0n) is 11.1. The zero-order valence-corrected chi connectivity index (χ0v) is 11.1. The minimum Gasteiger partial charge on any atom is -0.344 e. The van der Waals surface area contributed by atoms with Gasteiger partial charge in [0.2, 0.25) is 0 Å². The number of fused-ring (bicyclic) bond motifs is 1. The van der Waals surface area contributed by atoms with E-state index in [-0.39, 0.29) is 0 Å². The number of aryl methyl sites for hydroxylation is 1. The topological polar surface area (TPSA) is 30.9 Å². The maximum absolute atomic E-state index is 5.96. The first kappa shape index (κ1) is 11.8. The van der Waals surface area contributed by atoms with E-state index in [4.69, 9.17) is 5.73 Å². The van der Waals surface area contributed by atoms with Crippen molar-refractivity contribution in [1.82, 2.24) is 4.57 Å². The molecule has 1 fully saturated rings. The van der Waals surface area contributed by atoms with E-state index >= 15 is 0 Å². The number of hydrogen-bond donors (Lipinski definition) is 1. The van der Waals surface area contributed by atoms with Crippen LogP contribution in [-0.2, 0) is 0 Å². The third-order valence-corrected chi connectivity index (χ3v) is 4.51. The highest BCUT2D eigenvalue weighted by atomic mass is 15.0. The summed E-state index contributed by atoms with van der Waals surface area (Å²) in [6.45, 7) is 3.00. The van der Waals surface area contributed by atoms with E-state index < -0.39 is 0 Å². The van der Waals surface area contributed by atoms with E-state index in [0.29, 0.717) is 12.0 Å². The van der Waals surface area contributed by atoms with Gasteiger partial charge in [-0.15, -0.1) is 0 Å². The van der Waals surface area contributed by atoms with E-state index in [1.54, 1.807) is 0 Å². The molecule has 1 aliphatic carbocycles. The molecule has 0 aliphatic heterocycles. The van der Waals surface area contributed by atoms with Crippen LogP contribution in [0, 0.1) is 12.8 Å². The molecule has 0 radical (unpaired) electrons. The summed E-state index contributed by atoms with van der Waals surface area (Å²) in [6.07, 6.45) is 7.51. The largest absolute Gasteiger partial charge is 0.344 e. The first-order valence-electron chi connectivity index (χ1n) is 7.07. The second-order valence-electron chi connectivity index (χ2n) is 5.58. The zero-order chi connectivity index (χ0) is 12.5. The third-order valence-electron chi connectivity index (χ3n) is 4.51. The molecule has 2 unspecified atom stereocenters. The van der Waals surface area contributed by atoms with Gasteiger partial charge in [-0.05, 0) is 49.9 Å². The van der Waals surface area contributed by atoms with Crippen molar-refractivity contribution >= 4 is 10.9 Å². The average Bonchev–Trinajstić information content (AvgIpc) is 2.84. The van der Waals surface area contributed by atoms with Gasteiger partial charge in [0, 0.05) is 23.1 Å². The predicted molar refractivity (Wildman–Crippen MR) is 76.7 cm³/mol. The Labute approximate surface area is 109 Å². The van der Waals surface area contributed by atoms with E-state index in [9.17, 15) is 0 Å². The fourth-order valence-corrected chi connectivity index (χ4v) is 3.46. The molecular formula is C16H22N2. The number of aromatic nitrogens is 1. The van der Waals surface area contributed by atoms with Crippen molar-refractivity contribution in [1.29, 1.82) is 0 Å². The molecule has 0 spiro atoms. The molecule has 1 aromatic heterocycles. The van der Waals surface area contributed by atoms with Crippen molar-refractivity contribution < 1.29 is 0 Å². The molecule has 0 amide bonds. The SMILES string of the molecule is Cc1cccc2c1ccn2C1CCCCC1CN. The Morgan fingerprint density at radius 1 is 1.22 bits per heavy atom. The van der Waals surface area contributed by atoms with Crippen LogP contribution >= 0.6 is 0 Å². The summed E-state index contributed by atoms with van der Waals surface area (Å²) in [4.78, 5) is 0. The maximum atomic E-state index is 5.96. The van der Waals surface area contributed by atoms with Crippen LogP contribution in [0.25, 0.3) is 10.9 Å². The molecule has 2 nitrogen and oxygen atoms in total. The van der Waals surface area contributed by atoms with Crippen molar-refractivity contribution in [3.63, 3.8) is 0 Å². The van der Waals surface area contributed by atoms with Gasteiger partial charge in [0.25, 0.3) is 0 Å². The lowest BCUT2D eigenvalue weighted by Crippen LogP contribution is -2.28. The summed E-state index contributed by atoms with van der Waals surface area (Å²) in [7, 11) is 0. The predicted octanol–water partition coefficient (Wildman–Crippen LogP) is 3.64. The minimum absolute atomic E-state index is 0.600. The fraction of sp³-hybridized carbons (Fsp3) is 0.500. The monoisotopic (exact) mass is 242 g/mol. The van der Waals surface area contributed by atoms with E-state index in [0.717, 1.165) is 6.54 Å². The van der Waals surface area contributed by atoms with Crippen LogP contribution in [0.1, 0.15) is 37.3 Å². The van der Waals surface area contributed by atoms with Crippen molar-refractivity contribution in [2.45, 2.75) is 38.6 Å². The molecule has 2 aromatic rings. The van der Waals surface area contributed by atoms with Gasteiger partial charge >= 0.3 is 0 Å². The molecule has 0 bridgehead atoms. The summed E-state index contributed by atoms with van der Waals surface area (Å²) >= 11 is 0. The normalized spacial score (nSPS) is 24.6. The Hall–Kier alpha value is -1.28. The summed E-state index contributed by atoms with van der Waals surface area (Å²) < 4.78 is 2.47. The van der Waals surface area contributed by atoms with Crippen LogP contribution < -0.4 is 5.73 Å². The number of nitrogens with zero attached hydrogens (tertiary/aromatic N) is 1. The molecule has 2 atom stereocenters. The molecule has 2 heteroatoms. The van der Waals surface area contributed by atoms with Crippen LogP contribution in [0.4, 0.5) is 0 Å². The molecule has 1 aliphatic rings. The molecule has 3 rings (SSSR count). The maximum Gasteiger partial charge on any atom is 0.0485 e. The summed E-state index contributed by atoms with van der Waals surface area (Å²) in [5.74, 6) is 0.648. The number of rotatable bonds is 2. The lowest BCUT2D eigenvalue weighted by molar-refractivity contribution is 0.250. The van der Waals surface area contributed by atoms with Crippen molar-refractivity contribution in [2.75, 3.05) is 6.54 Å². The quantitative estimate of drug-likeness (QED) is 0.856. The van der Waals surface area contributed by atoms with E-state index in [1.807, 2.05) is 0 Å². The van der Waals surface area contributed by atoms with Gasteiger partial charge in [-0.2, -0.15) is 0 Å². The minimum atomic E-state index is 0.600. The Morgan fingerprint density at radius 2 is 2.06 bits per heavy atom. The molecule has 18 heavy (non-hydrogen) atoms. The second-order valence-corrected chi connectivity index (χ2v) is 5.58. The Balaban J connectivity index is 2.05. The summed E-state index contributed by atoms with van der Waals surface area (Å²) in [6, 6.07) is 9.45. The molecule has 2 N–H and O–H groups in total. The van der Waals surface area contributed by atoms with Gasteiger partial charge < -0.3 is 10.3 Å². The van der Waals surface area contributed by atoms with Gasteiger partial charge in [0.1, 0.15) is 0 Å². The summed E-state index contributed by atoms with van der Waals surface area (Å²) in [5, 5.41) is 1.39. The fourth-order valence-electron chi connectivity index (χ4n) is 3.46. The number of nitrogens with two attached hydrogens (primary N) is 1. The lowest BCUT2D eigenvalue weighted by Gasteiger charge is -2.32. The first-order chi connectivity index (χ1) is 8.81. The second kappa shape index (κ2) is 4.77. The van der Waals surface area contributed by atoms with Gasteiger partial charge in [-0.3, -0.25) is 0 Å². The van der Waals surface area contributed by atoms with E-state index in [1.165, 1.54) is 42.1 Å². The molecule has 1 saturated carbocycles. The lowest BCUT2D eigenvalue weighted by atomic mass is 9.84. The van der Waals surface area contributed by atoms with E-state index in [2.05, 4.69) is 42.0 Å². The highest BCUT2D eigenvalue weighted by Gasteiger charge is 2.25. The van der Waals surface area contributed by atoms with Gasteiger partial charge in [-0.1, -0.05) is 25.0 Å². The average molecular weight is 242 g/mol. The molecule has 1 aromatic carbocycles. The Kier molecular flexibility index (Phi) is 3.13. The van der Waals surface area contributed by atoms with Crippen molar-refractivity contribution in [3.8, 4) is 0 Å². The molecular weight excluding hydrogens is 220 g/mol. The number of hydrogen-bond acceptors (Lipinski definition) is 1. The molecule has 1 heterocycles. The third kappa shape index (κ3) is 1.85. The molecule has 96 valence electrons. The van der Waals surface area contributed by atoms with Crippen molar-refractivity contribution in [2.24, 2.45) is 11.7 Å². The standard InChI is InChI=1S/C16H22N2/c1-12-5-4-8-16-14(12)9-10-18(16)15-7-3-2-6-13(15)11-17/h4-5,8-10,13,15H,2-3,6-7,11,17H2,1H3. The highest BCUT2D eigenvalue weighted by molar-refractivity contribution is 5.83. The van der Waals surface area contributed by atoms with Crippen LogP contribution in [-0.4, -0.2) is 11.1 Å². The smallest absolute Gasteiger partial charge is 0.0485 e. The van der Waals surface area contributed by atoms with Gasteiger partial charge in [0.05, 0.1) is 0 Å². The van der Waals surface area contributed by atoms with Crippen LogP contribution in [0.15, 0.2) is 30.5 Å². The first-order valence-corrected chi connectivity index (χ1v) is 7.07. The highest BCUT2D eigenvalue weighted by Crippen LogP contribution is 2.36. The molecule has 0 saturated heterocycles. The van der Waals surface area contributed by atoms with Gasteiger partial charge in [-0.25, -0.2) is 0 Å². The van der Waals surface area contributed by atoms with Gasteiger partial charge in [0.15, 0.2) is 0 Å². The van der Waals surface area contributed by atoms with Crippen molar-refractivity contribution in [3.05, 3.63) is 36.0 Å².